The van der Waals surface area contributed by atoms with E-state index in [-0.39, 0.29) is 28.5 Å². The Kier molecular flexibility index (Phi) is 2.94. The van der Waals surface area contributed by atoms with Gasteiger partial charge >= 0.3 is 0 Å². The summed E-state index contributed by atoms with van der Waals surface area (Å²) >= 11 is 0. The van der Waals surface area contributed by atoms with E-state index in [0.717, 1.165) is 10.6 Å². The molecule has 0 bridgehead atoms. The number of sulfonamides is 1. The van der Waals surface area contributed by atoms with Crippen molar-refractivity contribution in [2.45, 2.75) is 11.8 Å². The molecule has 0 unspecified atom stereocenters. The molecule has 1 aromatic heterocycles. The highest BCUT2D eigenvalue weighted by atomic mass is 32.2. The zero-order chi connectivity index (χ0) is 15.2. The van der Waals surface area contributed by atoms with Gasteiger partial charge in [-0.3, -0.25) is 13.9 Å². The SMILES string of the molecule is CCN1c2c(occ(C=O)c2=O)-c2ccccc2S1(=O)=O. The lowest BCUT2D eigenvalue weighted by atomic mass is 10.1. The summed E-state index contributed by atoms with van der Waals surface area (Å²) in [4.78, 5) is 23.3. The maximum Gasteiger partial charge on any atom is 0.265 e. The van der Waals surface area contributed by atoms with Crippen molar-refractivity contribution >= 4 is 22.0 Å². The molecule has 2 aromatic rings. The van der Waals surface area contributed by atoms with Crippen LogP contribution in [0.15, 0.2) is 44.6 Å². The number of carbonyl (C=O) groups is 1. The number of benzene rings is 1. The number of carbonyl (C=O) groups excluding carboxylic acids is 1. The highest BCUT2D eigenvalue weighted by Crippen LogP contribution is 2.40. The molecule has 7 heteroatoms. The van der Waals surface area contributed by atoms with Crippen molar-refractivity contribution in [1.82, 2.24) is 0 Å². The maximum atomic E-state index is 12.6. The molecule has 0 radical (unpaired) electrons. The van der Waals surface area contributed by atoms with Crippen LogP contribution in [0.5, 0.6) is 0 Å². The molecule has 0 spiro atoms. The number of aldehydes is 1. The molecule has 0 saturated heterocycles. The van der Waals surface area contributed by atoms with E-state index in [4.69, 9.17) is 4.42 Å². The minimum absolute atomic E-state index is 0.0662. The van der Waals surface area contributed by atoms with Crippen LogP contribution in [0.2, 0.25) is 0 Å². The smallest absolute Gasteiger partial charge is 0.265 e. The summed E-state index contributed by atoms with van der Waals surface area (Å²) in [5, 5.41) is 0. The summed E-state index contributed by atoms with van der Waals surface area (Å²) in [5.41, 5.74) is -0.638. The van der Waals surface area contributed by atoms with Gasteiger partial charge in [0.05, 0.1) is 10.5 Å². The van der Waals surface area contributed by atoms with Gasteiger partial charge in [-0.15, -0.1) is 0 Å². The highest BCUT2D eigenvalue weighted by molar-refractivity contribution is 7.93. The van der Waals surface area contributed by atoms with E-state index in [1.165, 1.54) is 6.07 Å². The van der Waals surface area contributed by atoms with Crippen molar-refractivity contribution in [3.05, 3.63) is 46.3 Å². The van der Waals surface area contributed by atoms with E-state index in [0.29, 0.717) is 11.8 Å². The van der Waals surface area contributed by atoms with Crippen LogP contribution in [-0.2, 0) is 10.0 Å². The van der Waals surface area contributed by atoms with E-state index >= 15 is 0 Å². The van der Waals surface area contributed by atoms with E-state index < -0.39 is 15.5 Å². The molecule has 1 aliphatic heterocycles. The second-order valence-corrected chi connectivity index (χ2v) is 6.31. The number of hydrogen-bond donors (Lipinski definition) is 0. The third-order valence-corrected chi connectivity index (χ3v) is 5.29. The lowest BCUT2D eigenvalue weighted by Gasteiger charge is -2.29. The Hall–Kier alpha value is -2.41. The van der Waals surface area contributed by atoms with Crippen LogP contribution in [0.3, 0.4) is 0 Å². The molecule has 0 amide bonds. The fraction of sp³-hybridized carbons (Fsp3) is 0.143. The Morgan fingerprint density at radius 3 is 2.67 bits per heavy atom. The molecular formula is C14H11NO5S. The third-order valence-electron chi connectivity index (χ3n) is 3.36. The topological polar surface area (TPSA) is 84.7 Å². The molecule has 0 N–H and O–H groups in total. The van der Waals surface area contributed by atoms with E-state index in [1.54, 1.807) is 25.1 Å². The number of rotatable bonds is 2. The van der Waals surface area contributed by atoms with Gasteiger partial charge in [0.2, 0.25) is 5.43 Å². The summed E-state index contributed by atoms with van der Waals surface area (Å²) in [6.45, 7) is 1.68. The Balaban J connectivity index is 2.50. The van der Waals surface area contributed by atoms with Crippen LogP contribution in [0.4, 0.5) is 5.69 Å². The second kappa shape index (κ2) is 4.56. The molecule has 2 heterocycles. The molecule has 108 valence electrons. The molecule has 3 rings (SSSR count). The van der Waals surface area contributed by atoms with Crippen molar-refractivity contribution in [1.29, 1.82) is 0 Å². The van der Waals surface area contributed by atoms with Crippen LogP contribution in [0.1, 0.15) is 17.3 Å². The van der Waals surface area contributed by atoms with Gasteiger partial charge in [0.1, 0.15) is 12.0 Å². The van der Waals surface area contributed by atoms with Crippen LogP contribution in [0.25, 0.3) is 11.3 Å². The Bertz CT molecular complexity index is 898. The fourth-order valence-electron chi connectivity index (χ4n) is 2.42. The van der Waals surface area contributed by atoms with Crippen molar-refractivity contribution in [3.8, 4) is 11.3 Å². The zero-order valence-corrected chi connectivity index (χ0v) is 11.9. The molecule has 0 atom stereocenters. The predicted octanol–water partition coefficient (Wildman–Crippen LogP) is 1.65. The third kappa shape index (κ3) is 1.74. The minimum atomic E-state index is -3.84. The van der Waals surface area contributed by atoms with Gasteiger partial charge in [-0.2, -0.15) is 0 Å². The largest absolute Gasteiger partial charge is 0.461 e. The predicted molar refractivity (Wildman–Crippen MR) is 76.0 cm³/mol. The zero-order valence-electron chi connectivity index (χ0n) is 11.1. The van der Waals surface area contributed by atoms with Gasteiger partial charge in [0, 0.05) is 12.1 Å². The van der Waals surface area contributed by atoms with Crippen LogP contribution in [-0.4, -0.2) is 21.2 Å². The number of nitrogens with zero attached hydrogens (tertiary/aromatic N) is 1. The Morgan fingerprint density at radius 2 is 2.00 bits per heavy atom. The lowest BCUT2D eigenvalue weighted by molar-refractivity contribution is 0.112. The monoisotopic (exact) mass is 305 g/mol. The molecule has 6 nitrogen and oxygen atoms in total. The molecule has 0 aliphatic carbocycles. The first-order chi connectivity index (χ1) is 10.0. The van der Waals surface area contributed by atoms with Gasteiger partial charge in [-0.25, -0.2) is 8.42 Å². The molecule has 0 fully saturated rings. The molecule has 1 aromatic carbocycles. The van der Waals surface area contributed by atoms with Crippen LogP contribution >= 0.6 is 0 Å². The number of fused-ring (bicyclic) bond motifs is 3. The van der Waals surface area contributed by atoms with E-state index in [9.17, 15) is 18.0 Å². The van der Waals surface area contributed by atoms with Crippen LogP contribution in [0, 0.1) is 0 Å². The first-order valence-electron chi connectivity index (χ1n) is 6.25. The Labute approximate surface area is 120 Å². The van der Waals surface area contributed by atoms with Crippen molar-refractivity contribution in [3.63, 3.8) is 0 Å². The second-order valence-electron chi connectivity index (χ2n) is 4.48. The molecule has 21 heavy (non-hydrogen) atoms. The first kappa shape index (κ1) is 13.6. The average Bonchev–Trinajstić information content (AvgIpc) is 2.48. The van der Waals surface area contributed by atoms with Crippen molar-refractivity contribution in [2.24, 2.45) is 0 Å². The Morgan fingerprint density at radius 1 is 1.29 bits per heavy atom. The highest BCUT2D eigenvalue weighted by Gasteiger charge is 2.37. The van der Waals surface area contributed by atoms with Crippen molar-refractivity contribution in [2.75, 3.05) is 10.8 Å². The molecule has 0 saturated carbocycles. The fourth-order valence-corrected chi connectivity index (χ4v) is 4.09. The molecular weight excluding hydrogens is 294 g/mol. The van der Waals surface area contributed by atoms with Gasteiger partial charge in [-0.05, 0) is 19.1 Å². The van der Waals surface area contributed by atoms with E-state index in [1.807, 2.05) is 0 Å². The maximum absolute atomic E-state index is 12.6. The number of anilines is 1. The van der Waals surface area contributed by atoms with Gasteiger partial charge in [0.15, 0.2) is 12.0 Å². The molecule has 1 aliphatic rings. The normalized spacial score (nSPS) is 15.2. The summed E-state index contributed by atoms with van der Waals surface area (Å²) in [5.74, 6) is 0.165. The van der Waals surface area contributed by atoms with Crippen molar-refractivity contribution < 1.29 is 17.6 Å². The van der Waals surface area contributed by atoms with Crippen LogP contribution < -0.4 is 9.73 Å². The number of hydrogen-bond acceptors (Lipinski definition) is 5. The average molecular weight is 305 g/mol. The first-order valence-corrected chi connectivity index (χ1v) is 7.69. The summed E-state index contributed by atoms with van der Waals surface area (Å²) < 4.78 is 31.6. The van der Waals surface area contributed by atoms with Gasteiger partial charge < -0.3 is 4.42 Å². The minimum Gasteiger partial charge on any atom is -0.461 e. The van der Waals surface area contributed by atoms with Gasteiger partial charge in [-0.1, -0.05) is 12.1 Å². The summed E-state index contributed by atoms with van der Waals surface area (Å²) in [7, 11) is -3.84. The summed E-state index contributed by atoms with van der Waals surface area (Å²) in [6, 6.07) is 6.30. The quantitative estimate of drug-likeness (QED) is 0.788. The lowest BCUT2D eigenvalue weighted by Crippen LogP contribution is -2.38. The van der Waals surface area contributed by atoms with E-state index in [2.05, 4.69) is 0 Å². The standard InChI is InChI=1S/C14H11NO5S/c1-2-15-12-13(17)9(7-16)8-20-14(12)10-5-3-4-6-11(10)21(15,18)19/h3-8H,2H2,1H3. The summed E-state index contributed by atoms with van der Waals surface area (Å²) in [6.07, 6.45) is 1.41. The van der Waals surface area contributed by atoms with Gasteiger partial charge in [0.25, 0.3) is 10.0 Å².